The van der Waals surface area contributed by atoms with Crippen molar-refractivity contribution in [1.29, 1.82) is 0 Å². The second kappa shape index (κ2) is 13.0. The summed E-state index contributed by atoms with van der Waals surface area (Å²) in [6.45, 7) is 1.46. The van der Waals surface area contributed by atoms with Gasteiger partial charge in [0, 0.05) is 63.2 Å². The number of benzene rings is 1. The minimum Gasteiger partial charge on any atom is -0.497 e. The number of halogens is 4. The number of hydrogen-bond donors (Lipinski definition) is 2. The molecule has 0 saturated carbocycles. The van der Waals surface area contributed by atoms with Gasteiger partial charge in [0.25, 0.3) is 0 Å². The van der Waals surface area contributed by atoms with E-state index in [1.165, 1.54) is 11.9 Å². The van der Waals surface area contributed by atoms with Crippen molar-refractivity contribution in [3.05, 3.63) is 18.2 Å². The molecule has 0 aliphatic carbocycles. The lowest BCUT2D eigenvalue weighted by molar-refractivity contribution is -0.142. The van der Waals surface area contributed by atoms with Crippen LogP contribution in [-0.4, -0.2) is 84.1 Å². The topological polar surface area (TPSA) is 61.4 Å². The molecule has 1 aromatic rings. The average molecular weight is 559 g/mol. The Hall–Kier alpha value is -1.63. The first kappa shape index (κ1) is 27.4. The Labute approximate surface area is 199 Å². The van der Waals surface area contributed by atoms with Gasteiger partial charge >= 0.3 is 6.18 Å². The van der Waals surface area contributed by atoms with Gasteiger partial charge in [0.15, 0.2) is 5.96 Å². The molecular formula is C20H33F3IN5O2. The van der Waals surface area contributed by atoms with Gasteiger partial charge in [-0.05, 0) is 19.9 Å². The third-order valence-corrected chi connectivity index (χ3v) is 5.00. The molecule has 0 aromatic heterocycles. The predicted molar refractivity (Wildman–Crippen MR) is 128 cm³/mol. The van der Waals surface area contributed by atoms with Crippen LogP contribution in [-0.2, 0) is 0 Å². The van der Waals surface area contributed by atoms with E-state index in [1.54, 1.807) is 21.3 Å². The summed E-state index contributed by atoms with van der Waals surface area (Å²) >= 11 is 0. The van der Waals surface area contributed by atoms with Crippen molar-refractivity contribution in [2.24, 2.45) is 4.99 Å². The third-order valence-electron chi connectivity index (χ3n) is 5.00. The van der Waals surface area contributed by atoms with Crippen molar-refractivity contribution in [2.45, 2.75) is 25.1 Å². The highest BCUT2D eigenvalue weighted by atomic mass is 127. The van der Waals surface area contributed by atoms with Gasteiger partial charge in [0.1, 0.15) is 11.5 Å². The lowest BCUT2D eigenvalue weighted by Crippen LogP contribution is -2.50. The molecule has 31 heavy (non-hydrogen) atoms. The Morgan fingerprint density at radius 3 is 2.23 bits per heavy atom. The van der Waals surface area contributed by atoms with Crippen molar-refractivity contribution in [1.82, 2.24) is 15.5 Å². The van der Waals surface area contributed by atoms with E-state index in [0.29, 0.717) is 12.5 Å². The number of piperidine rings is 1. The van der Waals surface area contributed by atoms with Crippen LogP contribution in [0.1, 0.15) is 12.8 Å². The number of hydrogen-bond acceptors (Lipinski definition) is 5. The number of nitrogens with zero attached hydrogens (tertiary/aromatic N) is 3. The standard InChI is InChI=1S/C20H32F3N5O2.HI/c1-24-19(25-7-10-27(2)14-20(21,22)23)26-15-5-8-28(9-6-15)16-11-17(29-3)13-18(12-16)30-4;/h11-13,15H,5-10,14H2,1-4H3,(H2,24,25,26);1H. The smallest absolute Gasteiger partial charge is 0.401 e. The number of nitrogens with one attached hydrogen (secondary N) is 2. The molecule has 1 saturated heterocycles. The second-order valence-corrected chi connectivity index (χ2v) is 7.33. The summed E-state index contributed by atoms with van der Waals surface area (Å²) < 4.78 is 47.9. The van der Waals surface area contributed by atoms with Crippen LogP contribution >= 0.6 is 24.0 Å². The molecule has 1 heterocycles. The first-order valence-electron chi connectivity index (χ1n) is 9.94. The molecule has 7 nitrogen and oxygen atoms in total. The zero-order chi connectivity index (χ0) is 22.1. The fraction of sp³-hybridized carbons (Fsp3) is 0.650. The van der Waals surface area contributed by atoms with Gasteiger partial charge in [-0.3, -0.25) is 9.89 Å². The van der Waals surface area contributed by atoms with E-state index in [0.717, 1.165) is 43.1 Å². The van der Waals surface area contributed by atoms with E-state index in [2.05, 4.69) is 20.5 Å². The maximum absolute atomic E-state index is 12.4. The lowest BCUT2D eigenvalue weighted by Gasteiger charge is -2.35. The quantitative estimate of drug-likeness (QED) is 0.290. The Morgan fingerprint density at radius 2 is 1.74 bits per heavy atom. The van der Waals surface area contributed by atoms with Crippen molar-refractivity contribution >= 4 is 35.6 Å². The molecule has 178 valence electrons. The Bertz CT molecular complexity index is 676. The van der Waals surface area contributed by atoms with Crippen molar-refractivity contribution < 1.29 is 22.6 Å². The summed E-state index contributed by atoms with van der Waals surface area (Å²) in [7, 11) is 6.38. The van der Waals surface area contributed by atoms with Crippen LogP contribution in [0.25, 0.3) is 0 Å². The summed E-state index contributed by atoms with van der Waals surface area (Å²) in [5.74, 6) is 2.12. The molecule has 0 spiro atoms. The SMILES string of the molecule is CN=C(NCCN(C)CC(F)(F)F)NC1CCN(c2cc(OC)cc(OC)c2)CC1.I. The highest BCUT2D eigenvalue weighted by Crippen LogP contribution is 2.30. The van der Waals surface area contributed by atoms with Gasteiger partial charge in [-0.15, -0.1) is 24.0 Å². The number of aliphatic imine (C=N–C) groups is 1. The molecular weight excluding hydrogens is 526 g/mol. The minimum atomic E-state index is -4.19. The summed E-state index contributed by atoms with van der Waals surface area (Å²) in [6, 6.07) is 6.08. The van der Waals surface area contributed by atoms with Gasteiger partial charge in [0.2, 0.25) is 0 Å². The summed E-state index contributed by atoms with van der Waals surface area (Å²) in [4.78, 5) is 7.70. The largest absolute Gasteiger partial charge is 0.497 e. The van der Waals surface area contributed by atoms with Crippen LogP contribution < -0.4 is 25.0 Å². The fourth-order valence-electron chi connectivity index (χ4n) is 3.40. The number of likely N-dealkylation sites (N-methyl/N-ethyl adjacent to an activating group) is 1. The van der Waals surface area contributed by atoms with Crippen LogP contribution in [0.4, 0.5) is 18.9 Å². The van der Waals surface area contributed by atoms with Gasteiger partial charge in [-0.1, -0.05) is 0 Å². The summed E-state index contributed by atoms with van der Waals surface area (Å²) in [5, 5.41) is 6.46. The molecule has 2 rings (SSSR count). The Balaban J connectivity index is 0.00000480. The second-order valence-electron chi connectivity index (χ2n) is 7.33. The van der Waals surface area contributed by atoms with Crippen molar-refractivity contribution in [3.63, 3.8) is 0 Å². The van der Waals surface area contributed by atoms with Gasteiger partial charge in [-0.2, -0.15) is 13.2 Å². The molecule has 0 amide bonds. The van der Waals surface area contributed by atoms with E-state index in [1.807, 2.05) is 18.2 Å². The fourth-order valence-corrected chi connectivity index (χ4v) is 3.40. The van der Waals surface area contributed by atoms with E-state index in [4.69, 9.17) is 9.47 Å². The van der Waals surface area contributed by atoms with E-state index >= 15 is 0 Å². The zero-order valence-corrected chi connectivity index (χ0v) is 20.8. The summed E-state index contributed by atoms with van der Waals surface area (Å²) in [5.41, 5.74) is 1.06. The molecule has 0 bridgehead atoms. The first-order chi connectivity index (χ1) is 14.2. The predicted octanol–water partition coefficient (Wildman–Crippen LogP) is 2.95. The molecule has 0 radical (unpaired) electrons. The van der Waals surface area contributed by atoms with E-state index in [9.17, 15) is 13.2 Å². The van der Waals surface area contributed by atoms with Gasteiger partial charge in [0.05, 0.1) is 20.8 Å². The highest BCUT2D eigenvalue weighted by Gasteiger charge is 2.29. The average Bonchev–Trinajstić information content (AvgIpc) is 2.71. The van der Waals surface area contributed by atoms with E-state index < -0.39 is 12.7 Å². The first-order valence-corrected chi connectivity index (χ1v) is 9.94. The number of anilines is 1. The molecule has 1 aliphatic rings. The van der Waals surface area contributed by atoms with Crippen LogP contribution in [0.3, 0.4) is 0 Å². The molecule has 11 heteroatoms. The number of alkyl halides is 3. The van der Waals surface area contributed by atoms with Gasteiger partial charge in [-0.25, -0.2) is 0 Å². The maximum Gasteiger partial charge on any atom is 0.401 e. The highest BCUT2D eigenvalue weighted by molar-refractivity contribution is 14.0. The van der Waals surface area contributed by atoms with Crippen LogP contribution in [0.2, 0.25) is 0 Å². The number of methoxy groups -OCH3 is 2. The molecule has 1 aliphatic heterocycles. The molecule has 0 unspecified atom stereocenters. The van der Waals surface area contributed by atoms with Crippen molar-refractivity contribution in [2.75, 3.05) is 65.9 Å². The maximum atomic E-state index is 12.4. The van der Waals surface area contributed by atoms with E-state index in [-0.39, 0.29) is 36.6 Å². The van der Waals surface area contributed by atoms with Crippen LogP contribution in [0, 0.1) is 0 Å². The number of rotatable bonds is 8. The van der Waals surface area contributed by atoms with Crippen molar-refractivity contribution in [3.8, 4) is 11.5 Å². The Kier molecular flexibility index (Phi) is 11.5. The Morgan fingerprint density at radius 1 is 1.16 bits per heavy atom. The lowest BCUT2D eigenvalue weighted by atomic mass is 10.0. The molecule has 0 atom stereocenters. The zero-order valence-electron chi connectivity index (χ0n) is 18.5. The summed E-state index contributed by atoms with van der Waals surface area (Å²) in [6.07, 6.45) is -2.36. The van der Waals surface area contributed by atoms with Crippen LogP contribution in [0.15, 0.2) is 23.2 Å². The van der Waals surface area contributed by atoms with Crippen LogP contribution in [0.5, 0.6) is 11.5 Å². The third kappa shape index (κ3) is 9.58. The number of ether oxygens (including phenoxy) is 2. The monoisotopic (exact) mass is 559 g/mol. The number of guanidine groups is 1. The molecule has 1 fully saturated rings. The molecule has 1 aromatic carbocycles. The normalized spacial score (nSPS) is 15.5. The molecule has 2 N–H and O–H groups in total. The van der Waals surface area contributed by atoms with Gasteiger partial charge < -0.3 is 25.0 Å². The minimum absolute atomic E-state index is 0.